The molecule has 164 valence electrons. The summed E-state index contributed by atoms with van der Waals surface area (Å²) in [7, 11) is 1.49. The van der Waals surface area contributed by atoms with Gasteiger partial charge in [-0.25, -0.2) is 0 Å². The largest absolute Gasteiger partial charge is 0.495 e. The number of amides is 1. The van der Waals surface area contributed by atoms with Gasteiger partial charge in [0.05, 0.1) is 19.2 Å². The van der Waals surface area contributed by atoms with Crippen LogP contribution >= 0.6 is 0 Å². The first-order valence-electron chi connectivity index (χ1n) is 10.8. The van der Waals surface area contributed by atoms with Gasteiger partial charge in [-0.15, -0.1) is 0 Å². The maximum absolute atomic E-state index is 12.5. The number of aromatic nitrogens is 1. The molecule has 32 heavy (non-hydrogen) atoms. The van der Waals surface area contributed by atoms with Gasteiger partial charge < -0.3 is 14.6 Å². The molecule has 1 N–H and O–H groups in total. The Balaban J connectivity index is 1.24. The van der Waals surface area contributed by atoms with Crippen molar-refractivity contribution in [1.82, 2.24) is 15.4 Å². The van der Waals surface area contributed by atoms with Gasteiger partial charge in [0, 0.05) is 23.7 Å². The van der Waals surface area contributed by atoms with Gasteiger partial charge in [-0.2, -0.15) is 5.26 Å². The van der Waals surface area contributed by atoms with E-state index < -0.39 is 0 Å². The van der Waals surface area contributed by atoms with E-state index in [1.165, 1.54) is 7.11 Å². The van der Waals surface area contributed by atoms with Crippen molar-refractivity contribution >= 4 is 5.91 Å². The van der Waals surface area contributed by atoms with E-state index in [0.717, 1.165) is 49.5 Å². The molecule has 7 heteroatoms. The number of carbonyl (C=O) groups is 1. The maximum atomic E-state index is 12.5. The number of hydrogen-bond donors (Lipinski definition) is 1. The van der Waals surface area contributed by atoms with E-state index in [2.05, 4.69) is 21.4 Å². The van der Waals surface area contributed by atoms with Crippen LogP contribution in [0.3, 0.4) is 0 Å². The number of benzene rings is 2. The quantitative estimate of drug-likeness (QED) is 0.612. The second-order valence-electron chi connectivity index (χ2n) is 8.00. The van der Waals surface area contributed by atoms with Crippen molar-refractivity contribution < 1.29 is 14.1 Å². The first-order valence-corrected chi connectivity index (χ1v) is 10.8. The summed E-state index contributed by atoms with van der Waals surface area (Å²) < 4.78 is 10.7. The molecular formula is C25H26N4O3. The number of likely N-dealkylation sites (tertiary alicyclic amines) is 1. The summed E-state index contributed by atoms with van der Waals surface area (Å²) in [4.78, 5) is 14.9. The average molecular weight is 431 g/mol. The smallest absolute Gasteiger partial charge is 0.251 e. The van der Waals surface area contributed by atoms with Crippen LogP contribution in [0.25, 0.3) is 11.3 Å². The summed E-state index contributed by atoms with van der Waals surface area (Å²) in [6.07, 6.45) is 2.02. The summed E-state index contributed by atoms with van der Waals surface area (Å²) in [5, 5.41) is 16.3. The van der Waals surface area contributed by atoms with Crippen LogP contribution in [0.5, 0.6) is 5.75 Å². The van der Waals surface area contributed by atoms with Crippen molar-refractivity contribution in [3.8, 4) is 23.1 Å². The SMILES string of the molecule is COc1cc(C(=O)NCC2CCN(Cc3cc(-c4ccccc4)no3)CC2)ccc1C#N. The van der Waals surface area contributed by atoms with Crippen molar-refractivity contribution in [2.24, 2.45) is 5.92 Å². The lowest BCUT2D eigenvalue weighted by Gasteiger charge is -2.31. The van der Waals surface area contributed by atoms with E-state index in [-0.39, 0.29) is 5.91 Å². The Kier molecular flexibility index (Phi) is 6.83. The highest BCUT2D eigenvalue weighted by Gasteiger charge is 2.21. The second-order valence-corrected chi connectivity index (χ2v) is 8.00. The van der Waals surface area contributed by atoms with Gasteiger partial charge in [-0.05, 0) is 50.0 Å². The molecule has 1 saturated heterocycles. The lowest BCUT2D eigenvalue weighted by atomic mass is 9.96. The molecule has 0 radical (unpaired) electrons. The van der Waals surface area contributed by atoms with Crippen LogP contribution in [0.15, 0.2) is 59.1 Å². The monoisotopic (exact) mass is 430 g/mol. The first kappa shape index (κ1) is 21.6. The summed E-state index contributed by atoms with van der Waals surface area (Å²) in [5.41, 5.74) is 2.83. The van der Waals surface area contributed by atoms with Gasteiger partial charge in [0.2, 0.25) is 0 Å². The summed E-state index contributed by atoms with van der Waals surface area (Å²) >= 11 is 0. The Labute approximate surface area is 187 Å². The molecule has 0 atom stereocenters. The van der Waals surface area contributed by atoms with E-state index in [4.69, 9.17) is 14.5 Å². The van der Waals surface area contributed by atoms with Gasteiger partial charge in [0.1, 0.15) is 17.5 Å². The van der Waals surface area contributed by atoms with Crippen molar-refractivity contribution in [3.63, 3.8) is 0 Å². The molecule has 0 spiro atoms. The fourth-order valence-electron chi connectivity index (χ4n) is 3.97. The number of rotatable bonds is 7. The molecule has 0 saturated carbocycles. The molecular weight excluding hydrogens is 404 g/mol. The van der Waals surface area contributed by atoms with Crippen LogP contribution in [-0.4, -0.2) is 42.7 Å². The van der Waals surface area contributed by atoms with Crippen molar-refractivity contribution in [1.29, 1.82) is 5.26 Å². The number of nitrogens with one attached hydrogen (secondary N) is 1. The third-order valence-electron chi connectivity index (χ3n) is 5.85. The van der Waals surface area contributed by atoms with Gasteiger partial charge >= 0.3 is 0 Å². The van der Waals surface area contributed by atoms with Gasteiger partial charge in [-0.3, -0.25) is 9.69 Å². The maximum Gasteiger partial charge on any atom is 0.251 e. The molecule has 1 aliphatic rings. The first-order chi connectivity index (χ1) is 15.7. The highest BCUT2D eigenvalue weighted by Crippen LogP contribution is 2.23. The highest BCUT2D eigenvalue weighted by atomic mass is 16.5. The lowest BCUT2D eigenvalue weighted by molar-refractivity contribution is 0.0933. The van der Waals surface area contributed by atoms with E-state index in [9.17, 15) is 4.79 Å². The van der Waals surface area contributed by atoms with Gasteiger partial charge in [-0.1, -0.05) is 35.5 Å². The van der Waals surface area contributed by atoms with Crippen LogP contribution < -0.4 is 10.1 Å². The minimum absolute atomic E-state index is 0.148. The average Bonchev–Trinajstić information content (AvgIpc) is 3.32. The molecule has 1 aromatic heterocycles. The van der Waals surface area contributed by atoms with Crippen LogP contribution in [-0.2, 0) is 6.54 Å². The van der Waals surface area contributed by atoms with E-state index in [1.54, 1.807) is 18.2 Å². The summed E-state index contributed by atoms with van der Waals surface area (Å²) in [6.45, 7) is 3.28. The van der Waals surface area contributed by atoms with E-state index >= 15 is 0 Å². The molecule has 2 heterocycles. The summed E-state index contributed by atoms with van der Waals surface area (Å²) in [6, 6.07) is 18.9. The van der Waals surface area contributed by atoms with E-state index in [1.807, 2.05) is 36.4 Å². The molecule has 0 bridgehead atoms. The topological polar surface area (TPSA) is 91.4 Å². The number of nitrogens with zero attached hydrogens (tertiary/aromatic N) is 3. The predicted octanol–water partition coefficient (Wildman–Crippen LogP) is 3.86. The van der Waals surface area contributed by atoms with Crippen molar-refractivity contribution in [2.45, 2.75) is 19.4 Å². The molecule has 4 rings (SSSR count). The normalized spacial score (nSPS) is 14.6. The Hall–Kier alpha value is -3.63. The molecule has 1 amide bonds. The zero-order valence-corrected chi connectivity index (χ0v) is 18.1. The fourth-order valence-corrected chi connectivity index (χ4v) is 3.97. The van der Waals surface area contributed by atoms with Crippen LogP contribution in [0.2, 0.25) is 0 Å². The number of methoxy groups -OCH3 is 1. The number of piperidine rings is 1. The number of carbonyl (C=O) groups excluding carboxylic acids is 1. The predicted molar refractivity (Wildman–Crippen MR) is 120 cm³/mol. The Morgan fingerprint density at radius 2 is 2.00 bits per heavy atom. The minimum Gasteiger partial charge on any atom is -0.495 e. The number of nitriles is 1. The molecule has 1 aliphatic heterocycles. The molecule has 0 aliphatic carbocycles. The standard InChI is InChI=1S/C25H26N4O3/c1-31-24-13-20(7-8-21(24)15-26)25(30)27-16-18-9-11-29(12-10-18)17-22-14-23(28-32-22)19-5-3-2-4-6-19/h2-8,13-14,18H,9-12,16-17H2,1H3,(H,27,30). The van der Waals surface area contributed by atoms with Crippen LogP contribution in [0.1, 0.15) is 34.5 Å². The third kappa shape index (κ3) is 5.16. The van der Waals surface area contributed by atoms with Gasteiger partial charge in [0.25, 0.3) is 5.91 Å². The molecule has 3 aromatic rings. The molecule has 7 nitrogen and oxygen atoms in total. The van der Waals surface area contributed by atoms with E-state index in [0.29, 0.717) is 29.3 Å². The molecule has 2 aromatic carbocycles. The molecule has 1 fully saturated rings. The van der Waals surface area contributed by atoms with Crippen LogP contribution in [0, 0.1) is 17.2 Å². The van der Waals surface area contributed by atoms with Crippen LogP contribution in [0.4, 0.5) is 0 Å². The van der Waals surface area contributed by atoms with Crippen molar-refractivity contribution in [2.75, 3.05) is 26.7 Å². The summed E-state index contributed by atoms with van der Waals surface area (Å²) in [5.74, 6) is 1.57. The fraction of sp³-hybridized carbons (Fsp3) is 0.320. The Morgan fingerprint density at radius 1 is 1.22 bits per heavy atom. The highest BCUT2D eigenvalue weighted by molar-refractivity contribution is 5.94. The van der Waals surface area contributed by atoms with Gasteiger partial charge in [0.15, 0.2) is 5.76 Å². The Bertz CT molecular complexity index is 1100. The number of ether oxygens (including phenoxy) is 1. The lowest BCUT2D eigenvalue weighted by Crippen LogP contribution is -2.38. The Morgan fingerprint density at radius 3 is 2.72 bits per heavy atom. The zero-order chi connectivity index (χ0) is 22.3. The number of hydrogen-bond acceptors (Lipinski definition) is 6. The second kappa shape index (κ2) is 10.1. The van der Waals surface area contributed by atoms with Crippen molar-refractivity contribution in [3.05, 3.63) is 71.5 Å². The minimum atomic E-state index is -0.148. The zero-order valence-electron chi connectivity index (χ0n) is 18.1. The third-order valence-corrected chi connectivity index (χ3v) is 5.85. The molecule has 0 unspecified atom stereocenters.